The van der Waals surface area contributed by atoms with Gasteiger partial charge in [0.15, 0.2) is 6.10 Å². The highest BCUT2D eigenvalue weighted by atomic mass is 19.1. The van der Waals surface area contributed by atoms with Crippen LogP contribution in [-0.4, -0.2) is 41.0 Å². The van der Waals surface area contributed by atoms with Crippen molar-refractivity contribution in [2.75, 3.05) is 18.5 Å². The Hall–Kier alpha value is -3.33. The maximum absolute atomic E-state index is 13.0. The summed E-state index contributed by atoms with van der Waals surface area (Å²) in [7, 11) is 0. The van der Waals surface area contributed by atoms with Crippen LogP contribution in [0.4, 0.5) is 15.8 Å². The van der Waals surface area contributed by atoms with Crippen molar-refractivity contribution in [3.63, 3.8) is 0 Å². The lowest BCUT2D eigenvalue weighted by atomic mass is 10.1. The largest absolute Gasteiger partial charge is 0.451 e. The van der Waals surface area contributed by atoms with Crippen LogP contribution in [0.1, 0.15) is 27.6 Å². The molecule has 142 valence electrons. The molecule has 9 heteroatoms. The van der Waals surface area contributed by atoms with E-state index in [0.29, 0.717) is 0 Å². The number of benzene rings is 2. The smallest absolute Gasteiger partial charge is 0.341 e. The number of hydrogen-bond acceptors (Lipinski definition) is 7. The molecule has 2 aromatic carbocycles. The molecule has 0 aliphatic heterocycles. The monoisotopic (exact) mass is 376 g/mol. The van der Waals surface area contributed by atoms with Crippen molar-refractivity contribution < 1.29 is 28.7 Å². The highest BCUT2D eigenvalue weighted by Gasteiger charge is 2.24. The van der Waals surface area contributed by atoms with Crippen LogP contribution in [-0.2, 0) is 4.74 Å². The number of aliphatic hydroxyl groups excluding tert-OH is 1. The summed E-state index contributed by atoms with van der Waals surface area (Å²) in [5, 5.41) is 22.6. The standard InChI is InChI=1S/C18H17FN2O6/c1-11(17(23)12-2-4-13(19)5-3-12)27-18(24)15-10-14(21(25)26)6-7-16(15)20-8-9-22/h2-7,10-11,20,22H,8-9H2,1H3/t11-/m1/s1. The van der Waals surface area contributed by atoms with E-state index in [2.05, 4.69) is 5.32 Å². The summed E-state index contributed by atoms with van der Waals surface area (Å²) in [4.78, 5) is 35.0. The summed E-state index contributed by atoms with van der Waals surface area (Å²) in [6.45, 7) is 1.24. The number of nitro benzene ring substituents is 1. The van der Waals surface area contributed by atoms with E-state index in [1.807, 2.05) is 0 Å². The predicted molar refractivity (Wildman–Crippen MR) is 94.3 cm³/mol. The van der Waals surface area contributed by atoms with Gasteiger partial charge in [0.05, 0.1) is 17.1 Å². The number of non-ortho nitro benzene ring substituents is 1. The second-order valence-corrected chi connectivity index (χ2v) is 5.56. The number of Topliss-reactive ketones (excluding diaryl/α,β-unsaturated/α-hetero) is 1. The molecule has 8 nitrogen and oxygen atoms in total. The third kappa shape index (κ3) is 5.08. The molecule has 0 heterocycles. The average Bonchev–Trinajstić information content (AvgIpc) is 2.66. The van der Waals surface area contributed by atoms with Crippen LogP contribution in [0.15, 0.2) is 42.5 Å². The van der Waals surface area contributed by atoms with Crippen LogP contribution >= 0.6 is 0 Å². The number of halogens is 1. The van der Waals surface area contributed by atoms with Crippen LogP contribution < -0.4 is 5.32 Å². The van der Waals surface area contributed by atoms with Gasteiger partial charge >= 0.3 is 5.97 Å². The second-order valence-electron chi connectivity index (χ2n) is 5.56. The number of ketones is 1. The Bertz CT molecular complexity index is 853. The van der Waals surface area contributed by atoms with E-state index >= 15 is 0 Å². The minimum Gasteiger partial charge on any atom is -0.451 e. The first-order valence-electron chi connectivity index (χ1n) is 7.97. The molecule has 0 aromatic heterocycles. The van der Waals surface area contributed by atoms with E-state index in [9.17, 15) is 24.1 Å². The molecule has 2 aromatic rings. The van der Waals surface area contributed by atoms with E-state index in [1.165, 1.54) is 31.2 Å². The van der Waals surface area contributed by atoms with E-state index in [4.69, 9.17) is 9.84 Å². The fraction of sp³-hybridized carbons (Fsp3) is 0.222. The van der Waals surface area contributed by atoms with E-state index in [0.717, 1.165) is 18.2 Å². The Morgan fingerprint density at radius 3 is 2.52 bits per heavy atom. The maximum Gasteiger partial charge on any atom is 0.341 e. The molecule has 27 heavy (non-hydrogen) atoms. The molecule has 0 spiro atoms. The van der Waals surface area contributed by atoms with Crippen LogP contribution in [0.2, 0.25) is 0 Å². The molecule has 0 amide bonds. The van der Waals surface area contributed by atoms with Gasteiger partial charge in [-0.2, -0.15) is 0 Å². The predicted octanol–water partition coefficient (Wildman–Crippen LogP) is 2.57. The third-order valence-electron chi connectivity index (χ3n) is 3.64. The van der Waals surface area contributed by atoms with Crippen LogP contribution in [0.25, 0.3) is 0 Å². The molecule has 0 saturated carbocycles. The number of rotatable bonds is 8. The zero-order chi connectivity index (χ0) is 20.0. The second kappa shape index (κ2) is 8.86. The molecule has 0 aliphatic carbocycles. The number of anilines is 1. The fourth-order valence-corrected chi connectivity index (χ4v) is 2.29. The van der Waals surface area contributed by atoms with Gasteiger partial charge in [0.2, 0.25) is 5.78 Å². The molecule has 1 atom stereocenters. The number of nitrogens with one attached hydrogen (secondary N) is 1. The summed E-state index contributed by atoms with van der Waals surface area (Å²) in [6, 6.07) is 8.29. The Kier molecular flexibility index (Phi) is 6.56. The van der Waals surface area contributed by atoms with Crippen molar-refractivity contribution in [2.24, 2.45) is 0 Å². The van der Waals surface area contributed by atoms with Crippen LogP contribution in [0.5, 0.6) is 0 Å². The molecule has 2 N–H and O–H groups in total. The number of aliphatic hydroxyl groups is 1. The Morgan fingerprint density at radius 1 is 1.26 bits per heavy atom. The van der Waals surface area contributed by atoms with Gasteiger partial charge in [0.25, 0.3) is 5.69 Å². The topological polar surface area (TPSA) is 119 Å². The number of nitrogens with zero attached hydrogens (tertiary/aromatic N) is 1. The quantitative estimate of drug-likeness (QED) is 0.314. The first-order chi connectivity index (χ1) is 12.8. The highest BCUT2D eigenvalue weighted by Crippen LogP contribution is 2.24. The van der Waals surface area contributed by atoms with Gasteiger partial charge in [-0.3, -0.25) is 14.9 Å². The van der Waals surface area contributed by atoms with E-state index < -0.39 is 28.6 Å². The van der Waals surface area contributed by atoms with Gasteiger partial charge in [0, 0.05) is 29.9 Å². The highest BCUT2D eigenvalue weighted by molar-refractivity contribution is 6.02. The lowest BCUT2D eigenvalue weighted by molar-refractivity contribution is -0.384. The maximum atomic E-state index is 13.0. The van der Waals surface area contributed by atoms with E-state index in [1.54, 1.807) is 0 Å². The normalized spacial score (nSPS) is 11.5. The van der Waals surface area contributed by atoms with Crippen LogP contribution in [0.3, 0.4) is 0 Å². The Morgan fingerprint density at radius 2 is 1.93 bits per heavy atom. The van der Waals surface area contributed by atoms with Gasteiger partial charge in [-0.1, -0.05) is 0 Å². The minimum absolute atomic E-state index is 0.113. The molecule has 0 unspecified atom stereocenters. The van der Waals surface area contributed by atoms with Gasteiger partial charge in [-0.05, 0) is 37.3 Å². The van der Waals surface area contributed by atoms with Gasteiger partial charge < -0.3 is 15.2 Å². The van der Waals surface area contributed by atoms with Crippen molar-refractivity contribution in [3.05, 3.63) is 69.5 Å². The zero-order valence-corrected chi connectivity index (χ0v) is 14.3. The van der Waals surface area contributed by atoms with Gasteiger partial charge in [0.1, 0.15) is 5.82 Å². The van der Waals surface area contributed by atoms with Crippen molar-refractivity contribution in [1.29, 1.82) is 0 Å². The summed E-state index contributed by atoms with van der Waals surface area (Å²) in [5.74, 6) is -1.99. The van der Waals surface area contributed by atoms with Gasteiger partial charge in [-0.15, -0.1) is 0 Å². The van der Waals surface area contributed by atoms with Crippen molar-refractivity contribution in [1.82, 2.24) is 0 Å². The molecule has 0 fully saturated rings. The first kappa shape index (κ1) is 20.0. The number of ether oxygens (including phenoxy) is 1. The number of carbonyl (C=O) groups excluding carboxylic acids is 2. The number of hydrogen-bond donors (Lipinski definition) is 2. The number of esters is 1. The minimum atomic E-state index is -1.19. The van der Waals surface area contributed by atoms with Crippen molar-refractivity contribution >= 4 is 23.1 Å². The fourth-order valence-electron chi connectivity index (χ4n) is 2.29. The lowest BCUT2D eigenvalue weighted by Crippen LogP contribution is -2.25. The average molecular weight is 376 g/mol. The molecule has 0 radical (unpaired) electrons. The molecule has 0 aliphatic rings. The van der Waals surface area contributed by atoms with Crippen molar-refractivity contribution in [3.8, 4) is 0 Å². The molecule has 0 saturated heterocycles. The molecular weight excluding hydrogens is 359 g/mol. The lowest BCUT2D eigenvalue weighted by Gasteiger charge is -2.15. The SMILES string of the molecule is C[C@@H](OC(=O)c1cc([N+](=O)[O-])ccc1NCCO)C(=O)c1ccc(F)cc1. The summed E-state index contributed by atoms with van der Waals surface area (Å²) in [5.41, 5.74) is -0.0825. The first-order valence-corrected chi connectivity index (χ1v) is 7.97. The zero-order valence-electron chi connectivity index (χ0n) is 14.3. The summed E-state index contributed by atoms with van der Waals surface area (Å²) >= 11 is 0. The summed E-state index contributed by atoms with van der Waals surface area (Å²) < 4.78 is 18.1. The van der Waals surface area contributed by atoms with Gasteiger partial charge in [-0.25, -0.2) is 9.18 Å². The molecule has 2 rings (SSSR count). The number of nitro groups is 1. The molecular formula is C18H17FN2O6. The number of carbonyl (C=O) groups is 2. The van der Waals surface area contributed by atoms with E-state index in [-0.39, 0.29) is 35.7 Å². The summed E-state index contributed by atoms with van der Waals surface area (Å²) in [6.07, 6.45) is -1.19. The molecule has 0 bridgehead atoms. The Balaban J connectivity index is 2.22. The third-order valence-corrected chi connectivity index (χ3v) is 3.64. The van der Waals surface area contributed by atoms with Crippen molar-refractivity contribution in [2.45, 2.75) is 13.0 Å². The van der Waals surface area contributed by atoms with Crippen LogP contribution in [0, 0.1) is 15.9 Å². The Labute approximate surface area is 153 Å².